The fourth-order valence-corrected chi connectivity index (χ4v) is 4.17. The summed E-state index contributed by atoms with van der Waals surface area (Å²) in [5, 5.41) is 7.14. The first kappa shape index (κ1) is 15.9. The summed E-state index contributed by atoms with van der Waals surface area (Å²) in [5.74, 6) is 0.757. The predicted octanol–water partition coefficient (Wildman–Crippen LogP) is 3.69. The van der Waals surface area contributed by atoms with Gasteiger partial charge in [-0.25, -0.2) is 4.98 Å². The summed E-state index contributed by atoms with van der Waals surface area (Å²) >= 11 is 1.80. The molecule has 0 radical (unpaired) electrons. The van der Waals surface area contributed by atoms with Crippen LogP contribution in [-0.2, 0) is 0 Å². The van der Waals surface area contributed by atoms with Gasteiger partial charge in [0.1, 0.15) is 5.01 Å². The maximum atomic E-state index is 4.57. The predicted molar refractivity (Wildman–Crippen MR) is 87.2 cm³/mol. The quantitative estimate of drug-likeness (QED) is 0.867. The second kappa shape index (κ2) is 7.53. The van der Waals surface area contributed by atoms with Crippen molar-refractivity contribution in [3.8, 4) is 0 Å². The molecule has 1 aromatic heterocycles. The van der Waals surface area contributed by atoms with E-state index in [0.29, 0.717) is 18.1 Å². The van der Waals surface area contributed by atoms with Gasteiger partial charge in [-0.1, -0.05) is 27.7 Å². The molecule has 1 saturated heterocycles. The van der Waals surface area contributed by atoms with Gasteiger partial charge in [-0.3, -0.25) is 4.90 Å². The molecule has 0 spiro atoms. The molecular formula is C16H29N3S. The van der Waals surface area contributed by atoms with E-state index in [2.05, 4.69) is 48.3 Å². The Balaban J connectivity index is 2.11. The lowest BCUT2D eigenvalue weighted by Gasteiger charge is -2.44. The molecule has 0 bridgehead atoms. The van der Waals surface area contributed by atoms with Gasteiger partial charge in [0.15, 0.2) is 0 Å². The van der Waals surface area contributed by atoms with Gasteiger partial charge in [0, 0.05) is 36.8 Å². The van der Waals surface area contributed by atoms with Crippen molar-refractivity contribution in [1.82, 2.24) is 15.2 Å². The van der Waals surface area contributed by atoms with Gasteiger partial charge in [-0.15, -0.1) is 11.3 Å². The molecule has 2 heterocycles. The zero-order valence-electron chi connectivity index (χ0n) is 13.3. The van der Waals surface area contributed by atoms with Gasteiger partial charge in [-0.2, -0.15) is 0 Å². The van der Waals surface area contributed by atoms with E-state index >= 15 is 0 Å². The maximum absolute atomic E-state index is 4.57. The molecular weight excluding hydrogens is 266 g/mol. The Morgan fingerprint density at radius 3 is 2.80 bits per heavy atom. The lowest BCUT2D eigenvalue weighted by Crippen LogP contribution is -2.57. The van der Waals surface area contributed by atoms with Gasteiger partial charge in [0.2, 0.25) is 0 Å². The minimum Gasteiger partial charge on any atom is -0.311 e. The van der Waals surface area contributed by atoms with Crippen LogP contribution < -0.4 is 5.32 Å². The minimum atomic E-state index is 0.497. The van der Waals surface area contributed by atoms with Gasteiger partial charge in [-0.05, 0) is 25.2 Å². The molecule has 3 atom stereocenters. The Bertz CT molecular complexity index is 377. The molecule has 2 rings (SSSR count). The summed E-state index contributed by atoms with van der Waals surface area (Å²) in [4.78, 5) is 7.28. The highest BCUT2D eigenvalue weighted by molar-refractivity contribution is 7.09. The van der Waals surface area contributed by atoms with Crippen LogP contribution in [0.4, 0.5) is 0 Å². The second-order valence-electron chi connectivity index (χ2n) is 6.29. The summed E-state index contributed by atoms with van der Waals surface area (Å²) in [6.07, 6.45) is 5.57. The molecule has 1 N–H and O–H groups in total. The van der Waals surface area contributed by atoms with Crippen LogP contribution in [0.3, 0.4) is 0 Å². The maximum Gasteiger partial charge on any atom is 0.110 e. The monoisotopic (exact) mass is 295 g/mol. The lowest BCUT2D eigenvalue weighted by molar-refractivity contribution is 0.0704. The molecule has 1 aromatic rings. The van der Waals surface area contributed by atoms with E-state index < -0.39 is 0 Å². The summed E-state index contributed by atoms with van der Waals surface area (Å²) in [5.41, 5.74) is 0. The number of hydrogen-bond donors (Lipinski definition) is 1. The summed E-state index contributed by atoms with van der Waals surface area (Å²) < 4.78 is 0. The van der Waals surface area contributed by atoms with Gasteiger partial charge in [0.25, 0.3) is 0 Å². The first-order chi connectivity index (χ1) is 9.65. The highest BCUT2D eigenvalue weighted by Gasteiger charge is 2.32. The fraction of sp³-hybridized carbons (Fsp3) is 0.812. The average Bonchev–Trinajstić information content (AvgIpc) is 2.93. The molecule has 0 aromatic carbocycles. The largest absolute Gasteiger partial charge is 0.311 e. The van der Waals surface area contributed by atoms with E-state index in [1.807, 2.05) is 6.20 Å². The van der Waals surface area contributed by atoms with Crippen molar-refractivity contribution >= 4 is 11.3 Å². The van der Waals surface area contributed by atoms with Crippen LogP contribution >= 0.6 is 11.3 Å². The third kappa shape index (κ3) is 3.80. The Labute approximate surface area is 127 Å². The van der Waals surface area contributed by atoms with Gasteiger partial charge < -0.3 is 5.32 Å². The first-order valence-electron chi connectivity index (χ1n) is 8.04. The van der Waals surface area contributed by atoms with Crippen LogP contribution in [0.1, 0.15) is 58.0 Å². The topological polar surface area (TPSA) is 28.2 Å². The molecule has 20 heavy (non-hydrogen) atoms. The van der Waals surface area contributed by atoms with E-state index in [-0.39, 0.29) is 0 Å². The van der Waals surface area contributed by atoms with E-state index in [4.69, 9.17) is 0 Å². The second-order valence-corrected chi connectivity index (χ2v) is 7.21. The van der Waals surface area contributed by atoms with Crippen molar-refractivity contribution in [2.45, 2.75) is 65.1 Å². The highest BCUT2D eigenvalue weighted by atomic mass is 32.1. The van der Waals surface area contributed by atoms with E-state index in [9.17, 15) is 0 Å². The van der Waals surface area contributed by atoms with Crippen molar-refractivity contribution in [3.05, 3.63) is 16.6 Å². The van der Waals surface area contributed by atoms with E-state index in [1.165, 1.54) is 17.8 Å². The lowest BCUT2D eigenvalue weighted by atomic mass is 9.97. The molecule has 0 saturated carbocycles. The number of thiazole rings is 1. The molecule has 0 amide bonds. The number of nitrogens with one attached hydrogen (secondary N) is 1. The van der Waals surface area contributed by atoms with Crippen LogP contribution in [0.2, 0.25) is 0 Å². The minimum absolute atomic E-state index is 0.497. The molecule has 3 unspecified atom stereocenters. The summed E-state index contributed by atoms with van der Waals surface area (Å²) in [7, 11) is 0. The van der Waals surface area contributed by atoms with E-state index in [0.717, 1.165) is 25.4 Å². The van der Waals surface area contributed by atoms with E-state index in [1.54, 1.807) is 11.3 Å². The summed E-state index contributed by atoms with van der Waals surface area (Å²) in [6.45, 7) is 11.5. The van der Waals surface area contributed by atoms with Crippen LogP contribution in [0.5, 0.6) is 0 Å². The number of piperazine rings is 1. The number of rotatable bonds is 6. The van der Waals surface area contributed by atoms with Crippen LogP contribution in [-0.4, -0.2) is 35.1 Å². The zero-order valence-corrected chi connectivity index (χ0v) is 14.1. The van der Waals surface area contributed by atoms with Gasteiger partial charge >= 0.3 is 0 Å². The molecule has 0 aliphatic carbocycles. The Kier molecular flexibility index (Phi) is 6.00. The fourth-order valence-electron chi connectivity index (χ4n) is 3.33. The van der Waals surface area contributed by atoms with Crippen molar-refractivity contribution < 1.29 is 0 Å². The van der Waals surface area contributed by atoms with Gasteiger partial charge in [0.05, 0.1) is 6.04 Å². The molecule has 1 fully saturated rings. The molecule has 3 nitrogen and oxygen atoms in total. The van der Waals surface area contributed by atoms with Crippen molar-refractivity contribution in [2.75, 3.05) is 13.1 Å². The van der Waals surface area contributed by atoms with Crippen LogP contribution in [0, 0.1) is 5.92 Å². The third-order valence-electron chi connectivity index (χ3n) is 4.29. The molecule has 114 valence electrons. The molecule has 4 heteroatoms. The number of hydrogen-bond acceptors (Lipinski definition) is 4. The Morgan fingerprint density at radius 1 is 1.45 bits per heavy atom. The number of aromatic nitrogens is 1. The standard InChI is InChI=1S/C16H29N3S/c1-5-14-10-18-13(9-12(3)4)11-19(14)15(6-2)16-17-7-8-20-16/h7-8,12-15,18H,5-6,9-11H2,1-4H3. The number of nitrogens with zero attached hydrogens (tertiary/aromatic N) is 2. The smallest absolute Gasteiger partial charge is 0.110 e. The molecule has 1 aliphatic heterocycles. The average molecular weight is 295 g/mol. The van der Waals surface area contributed by atoms with Crippen molar-refractivity contribution in [1.29, 1.82) is 0 Å². The zero-order chi connectivity index (χ0) is 14.5. The third-order valence-corrected chi connectivity index (χ3v) is 5.17. The Morgan fingerprint density at radius 2 is 2.25 bits per heavy atom. The first-order valence-corrected chi connectivity index (χ1v) is 8.92. The Hall–Kier alpha value is -0.450. The normalized spacial score (nSPS) is 26.1. The summed E-state index contributed by atoms with van der Waals surface area (Å²) in [6, 6.07) is 1.77. The SMILES string of the molecule is CCC1CNC(CC(C)C)CN1C(CC)c1nccs1. The van der Waals surface area contributed by atoms with Crippen molar-refractivity contribution in [3.63, 3.8) is 0 Å². The van der Waals surface area contributed by atoms with Crippen LogP contribution in [0.25, 0.3) is 0 Å². The highest BCUT2D eigenvalue weighted by Crippen LogP contribution is 2.30. The van der Waals surface area contributed by atoms with Crippen LogP contribution in [0.15, 0.2) is 11.6 Å². The van der Waals surface area contributed by atoms with Crippen molar-refractivity contribution in [2.24, 2.45) is 5.92 Å². The molecule has 1 aliphatic rings.